The summed E-state index contributed by atoms with van der Waals surface area (Å²) in [5.74, 6) is 0. The van der Waals surface area contributed by atoms with Crippen molar-refractivity contribution in [3.8, 4) is 0 Å². The third kappa shape index (κ3) is 0.963. The fourth-order valence-electron chi connectivity index (χ4n) is 1.10. The van der Waals surface area contributed by atoms with Crippen molar-refractivity contribution in [3.63, 3.8) is 0 Å². The zero-order chi connectivity index (χ0) is 7.68. The topological polar surface area (TPSA) is 25.8 Å². The molecular weight excluding hydrogens is 136 g/mol. The van der Waals surface area contributed by atoms with Crippen LogP contribution in [0.3, 0.4) is 0 Å². The zero-order valence-electron chi connectivity index (χ0n) is 6.20. The van der Waals surface area contributed by atoms with Crippen molar-refractivity contribution in [3.05, 3.63) is 36.3 Å². The third-order valence-electron chi connectivity index (χ3n) is 1.68. The molecule has 2 aromatic heterocycles. The number of hydrogen-bond donors (Lipinski definition) is 0. The lowest BCUT2D eigenvalue weighted by atomic mass is 10.2. The van der Waals surface area contributed by atoms with Gasteiger partial charge in [0.15, 0.2) is 0 Å². The lowest BCUT2D eigenvalue weighted by Crippen LogP contribution is -1.84. The van der Waals surface area contributed by atoms with Crippen LogP contribution in [0.25, 0.3) is 10.9 Å². The molecule has 2 rings (SSSR count). The van der Waals surface area contributed by atoms with Crippen molar-refractivity contribution in [1.82, 2.24) is 9.97 Å². The van der Waals surface area contributed by atoms with Crippen LogP contribution in [0.1, 0.15) is 5.69 Å². The molecule has 1 radical (unpaired) electrons. The second-order valence-corrected chi connectivity index (χ2v) is 2.40. The summed E-state index contributed by atoms with van der Waals surface area (Å²) < 4.78 is 0. The van der Waals surface area contributed by atoms with Gasteiger partial charge >= 0.3 is 0 Å². The zero-order valence-corrected chi connectivity index (χ0v) is 6.20. The Balaban J connectivity index is 2.91. The van der Waals surface area contributed by atoms with Gasteiger partial charge in [0.25, 0.3) is 0 Å². The second-order valence-electron chi connectivity index (χ2n) is 2.40. The van der Waals surface area contributed by atoms with Crippen LogP contribution in [0.15, 0.2) is 24.4 Å². The molecule has 0 aliphatic carbocycles. The highest BCUT2D eigenvalue weighted by Gasteiger charge is 1.95. The van der Waals surface area contributed by atoms with Gasteiger partial charge in [-0.3, -0.25) is 4.98 Å². The smallest absolute Gasteiger partial charge is 0.0894 e. The van der Waals surface area contributed by atoms with Crippen LogP contribution in [0.5, 0.6) is 0 Å². The molecule has 0 unspecified atom stereocenters. The van der Waals surface area contributed by atoms with Crippen LogP contribution in [0.4, 0.5) is 0 Å². The third-order valence-corrected chi connectivity index (χ3v) is 1.68. The number of nitrogens with zero attached hydrogens (tertiary/aromatic N) is 2. The quantitative estimate of drug-likeness (QED) is 0.561. The molecule has 0 aliphatic heterocycles. The Morgan fingerprint density at radius 2 is 2.27 bits per heavy atom. The van der Waals surface area contributed by atoms with Crippen LogP contribution in [-0.4, -0.2) is 9.97 Å². The lowest BCUT2D eigenvalue weighted by molar-refractivity contribution is 1.22. The first-order valence-electron chi connectivity index (χ1n) is 3.46. The first kappa shape index (κ1) is 6.28. The molecule has 0 saturated heterocycles. The van der Waals surface area contributed by atoms with Crippen LogP contribution in [-0.2, 0) is 0 Å². The number of hydrogen-bond acceptors (Lipinski definition) is 2. The first-order valence-corrected chi connectivity index (χ1v) is 3.46. The van der Waals surface area contributed by atoms with Gasteiger partial charge in [0.1, 0.15) is 0 Å². The van der Waals surface area contributed by atoms with E-state index in [0.29, 0.717) is 0 Å². The number of aromatic nitrogens is 2. The van der Waals surface area contributed by atoms with Gasteiger partial charge in [-0.2, -0.15) is 0 Å². The molecule has 0 N–H and O–H groups in total. The SMILES string of the molecule is Cc1nccc2n[c]ccc12. The Labute approximate surface area is 64.9 Å². The molecule has 2 aromatic rings. The number of fused-ring (bicyclic) bond motifs is 1. The summed E-state index contributed by atoms with van der Waals surface area (Å²) in [6, 6.07) is 5.67. The van der Waals surface area contributed by atoms with E-state index in [-0.39, 0.29) is 0 Å². The van der Waals surface area contributed by atoms with E-state index in [0.717, 1.165) is 16.6 Å². The monoisotopic (exact) mass is 143 g/mol. The van der Waals surface area contributed by atoms with Gasteiger partial charge in [-0.15, -0.1) is 0 Å². The summed E-state index contributed by atoms with van der Waals surface area (Å²) in [5.41, 5.74) is 1.98. The van der Waals surface area contributed by atoms with Crippen LogP contribution < -0.4 is 0 Å². The molecule has 0 aliphatic rings. The molecule has 0 saturated carbocycles. The largest absolute Gasteiger partial charge is 0.261 e. The maximum absolute atomic E-state index is 4.15. The molecule has 2 heterocycles. The van der Waals surface area contributed by atoms with E-state index in [1.54, 1.807) is 12.3 Å². The molecule has 0 amide bonds. The standard InChI is InChI=1S/C9H7N2/c1-7-8-3-2-5-11-9(8)4-6-10-7/h2-4,6H,1H3. The first-order chi connectivity index (χ1) is 5.38. The summed E-state index contributed by atoms with van der Waals surface area (Å²) >= 11 is 0. The molecule has 53 valence electrons. The Bertz CT molecular complexity index is 377. The minimum Gasteiger partial charge on any atom is -0.261 e. The van der Waals surface area contributed by atoms with Crippen molar-refractivity contribution >= 4 is 10.9 Å². The number of aryl methyl sites for hydroxylation is 1. The summed E-state index contributed by atoms with van der Waals surface area (Å²) in [7, 11) is 0. The van der Waals surface area contributed by atoms with E-state index < -0.39 is 0 Å². The van der Waals surface area contributed by atoms with Crippen LogP contribution >= 0.6 is 0 Å². The Hall–Kier alpha value is -1.44. The molecule has 0 atom stereocenters. The van der Waals surface area contributed by atoms with Crippen LogP contribution in [0.2, 0.25) is 0 Å². The maximum atomic E-state index is 4.15. The molecule has 2 nitrogen and oxygen atoms in total. The Kier molecular flexibility index (Phi) is 1.32. The highest BCUT2D eigenvalue weighted by Crippen LogP contribution is 2.11. The predicted octanol–water partition coefficient (Wildman–Crippen LogP) is 1.74. The molecule has 11 heavy (non-hydrogen) atoms. The molecule has 0 aromatic carbocycles. The summed E-state index contributed by atoms with van der Waals surface area (Å²) in [5, 5.41) is 1.10. The van der Waals surface area contributed by atoms with Crippen molar-refractivity contribution in [2.24, 2.45) is 0 Å². The van der Waals surface area contributed by atoms with Crippen molar-refractivity contribution in [2.45, 2.75) is 6.92 Å². The van der Waals surface area contributed by atoms with E-state index in [1.807, 2.05) is 19.1 Å². The lowest BCUT2D eigenvalue weighted by Gasteiger charge is -1.96. The minimum atomic E-state index is 0.958. The van der Waals surface area contributed by atoms with Gasteiger partial charge in [-0.05, 0) is 25.1 Å². The van der Waals surface area contributed by atoms with E-state index in [2.05, 4.69) is 16.2 Å². The van der Waals surface area contributed by atoms with Crippen molar-refractivity contribution < 1.29 is 0 Å². The minimum absolute atomic E-state index is 0.958. The van der Waals surface area contributed by atoms with Gasteiger partial charge in [0.05, 0.1) is 11.7 Å². The summed E-state index contributed by atoms with van der Waals surface area (Å²) in [6.07, 6.45) is 4.55. The second kappa shape index (κ2) is 2.31. The summed E-state index contributed by atoms with van der Waals surface area (Å²) in [6.45, 7) is 1.98. The predicted molar refractivity (Wildman–Crippen MR) is 43.1 cm³/mol. The average molecular weight is 143 g/mol. The fourth-order valence-corrected chi connectivity index (χ4v) is 1.10. The summed E-state index contributed by atoms with van der Waals surface area (Å²) in [4.78, 5) is 8.23. The highest BCUT2D eigenvalue weighted by atomic mass is 14.7. The fraction of sp³-hybridized carbons (Fsp3) is 0.111. The molecule has 0 bridgehead atoms. The normalized spacial score (nSPS) is 10.3. The van der Waals surface area contributed by atoms with Gasteiger partial charge < -0.3 is 0 Å². The maximum Gasteiger partial charge on any atom is 0.0894 e. The molecule has 2 heteroatoms. The van der Waals surface area contributed by atoms with E-state index in [4.69, 9.17) is 0 Å². The van der Waals surface area contributed by atoms with Gasteiger partial charge in [0.2, 0.25) is 0 Å². The van der Waals surface area contributed by atoms with Crippen LogP contribution in [0, 0.1) is 13.1 Å². The van der Waals surface area contributed by atoms with Gasteiger partial charge in [-0.25, -0.2) is 4.98 Å². The van der Waals surface area contributed by atoms with Crippen molar-refractivity contribution in [1.29, 1.82) is 0 Å². The molecular formula is C9H7N2. The van der Waals surface area contributed by atoms with Crippen molar-refractivity contribution in [2.75, 3.05) is 0 Å². The Morgan fingerprint density at radius 1 is 1.36 bits per heavy atom. The van der Waals surface area contributed by atoms with Gasteiger partial charge in [-0.1, -0.05) is 0 Å². The average Bonchev–Trinajstić information content (AvgIpc) is 2.06. The van der Waals surface area contributed by atoms with E-state index in [9.17, 15) is 0 Å². The van der Waals surface area contributed by atoms with Gasteiger partial charge in [0, 0.05) is 17.3 Å². The highest BCUT2D eigenvalue weighted by molar-refractivity contribution is 5.79. The van der Waals surface area contributed by atoms with E-state index >= 15 is 0 Å². The molecule has 0 fully saturated rings. The Morgan fingerprint density at radius 3 is 3.09 bits per heavy atom. The number of pyridine rings is 2. The number of rotatable bonds is 0. The van der Waals surface area contributed by atoms with E-state index in [1.165, 1.54) is 0 Å². The molecule has 0 spiro atoms.